The molecule has 0 radical (unpaired) electrons. The molecule has 1 unspecified atom stereocenters. The van der Waals surface area contributed by atoms with Crippen molar-refractivity contribution in [3.05, 3.63) is 65.5 Å². The van der Waals surface area contributed by atoms with E-state index in [4.69, 9.17) is 9.47 Å². The predicted molar refractivity (Wildman–Crippen MR) is 124 cm³/mol. The Bertz CT molecular complexity index is 1440. The van der Waals surface area contributed by atoms with E-state index in [-0.39, 0.29) is 21.9 Å². The number of rotatable bonds is 7. The van der Waals surface area contributed by atoms with Crippen molar-refractivity contribution in [2.45, 2.75) is 36.7 Å². The summed E-state index contributed by atoms with van der Waals surface area (Å²) in [6, 6.07) is 11.6. The molecule has 2 aromatic carbocycles. The fourth-order valence-electron chi connectivity index (χ4n) is 3.69. The normalized spacial score (nSPS) is 16.4. The number of alkyl halides is 4. The zero-order chi connectivity index (χ0) is 26.4. The second-order valence-corrected chi connectivity index (χ2v) is 9.45. The summed E-state index contributed by atoms with van der Waals surface area (Å²) in [7, 11) is -0.280. The molecule has 0 saturated carbocycles. The molecule has 8 nitrogen and oxygen atoms in total. The number of aromatic nitrogens is 3. The van der Waals surface area contributed by atoms with Gasteiger partial charge >= 0.3 is 12.2 Å². The van der Waals surface area contributed by atoms with Gasteiger partial charge in [0.25, 0.3) is 0 Å². The van der Waals surface area contributed by atoms with Crippen LogP contribution in [0.25, 0.3) is 11.0 Å². The Labute approximate surface area is 210 Å². The van der Waals surface area contributed by atoms with Gasteiger partial charge in [0.05, 0.1) is 46.6 Å². The molecule has 2 aromatic heterocycles. The molecule has 0 spiro atoms. The van der Waals surface area contributed by atoms with Crippen LogP contribution in [0.1, 0.15) is 16.8 Å². The molecule has 0 fully saturated rings. The van der Waals surface area contributed by atoms with Crippen LogP contribution in [-0.4, -0.2) is 38.5 Å². The lowest BCUT2D eigenvalue weighted by molar-refractivity contribution is -0.391. The number of hydrogen-bond donors (Lipinski definition) is 1. The maximum atomic E-state index is 13.5. The minimum absolute atomic E-state index is 0.0135. The predicted octanol–water partition coefficient (Wildman–Crippen LogP) is 5.12. The summed E-state index contributed by atoms with van der Waals surface area (Å²) in [6.07, 6.45) is -8.23. The van der Waals surface area contributed by atoms with Gasteiger partial charge in [-0.1, -0.05) is 30.3 Å². The molecular weight excluding hydrogens is 518 g/mol. The Morgan fingerprint density at radius 1 is 1.05 bits per heavy atom. The van der Waals surface area contributed by atoms with Crippen LogP contribution in [0.5, 0.6) is 23.0 Å². The molecule has 194 valence electrons. The molecular formula is C24H19F4N3O5S. The number of imidazole rings is 1. The topological polar surface area (TPSA) is 95.6 Å². The minimum Gasteiger partial charge on any atom is -0.492 e. The fraction of sp³-hybridized carbons (Fsp3) is 0.250. The quantitative estimate of drug-likeness (QED) is 0.327. The molecule has 0 aliphatic carbocycles. The minimum atomic E-state index is -4.85. The monoisotopic (exact) mass is 537 g/mol. The Hall–Kier alpha value is -3.87. The van der Waals surface area contributed by atoms with E-state index in [1.54, 1.807) is 6.92 Å². The highest BCUT2D eigenvalue weighted by Crippen LogP contribution is 2.48. The number of benzene rings is 2. The van der Waals surface area contributed by atoms with Crippen LogP contribution >= 0.6 is 0 Å². The maximum Gasteiger partial charge on any atom is 0.507 e. The average Bonchev–Trinajstić information content (AvgIpc) is 3.27. The molecule has 0 amide bonds. The molecule has 4 aromatic rings. The van der Waals surface area contributed by atoms with Crippen LogP contribution in [0.15, 0.2) is 53.8 Å². The van der Waals surface area contributed by atoms with Gasteiger partial charge < -0.3 is 23.9 Å². The van der Waals surface area contributed by atoms with Crippen molar-refractivity contribution in [3.8, 4) is 23.0 Å². The highest BCUT2D eigenvalue weighted by atomic mass is 32.2. The van der Waals surface area contributed by atoms with E-state index in [9.17, 15) is 21.8 Å². The number of methoxy groups -OCH3 is 1. The molecule has 13 heteroatoms. The van der Waals surface area contributed by atoms with E-state index in [2.05, 4.69) is 24.4 Å². The average molecular weight is 537 g/mol. The zero-order valence-electron chi connectivity index (χ0n) is 19.4. The van der Waals surface area contributed by atoms with E-state index in [1.165, 1.54) is 13.3 Å². The Balaban J connectivity index is 1.36. The Morgan fingerprint density at radius 3 is 2.41 bits per heavy atom. The smallest absolute Gasteiger partial charge is 0.492 e. The van der Waals surface area contributed by atoms with Crippen LogP contribution in [-0.2, 0) is 23.2 Å². The number of hydrogen-bond acceptors (Lipinski definition) is 7. The number of H-pyrrole nitrogens is 1. The van der Waals surface area contributed by atoms with Crippen molar-refractivity contribution in [2.75, 3.05) is 7.11 Å². The highest BCUT2D eigenvalue weighted by Gasteiger charge is 2.66. The number of aromatic amines is 1. The van der Waals surface area contributed by atoms with Crippen molar-refractivity contribution in [1.82, 2.24) is 15.0 Å². The molecule has 1 N–H and O–H groups in total. The molecule has 1 aliphatic rings. The summed E-state index contributed by atoms with van der Waals surface area (Å²) in [5.41, 5.74) is 2.26. The van der Waals surface area contributed by atoms with Gasteiger partial charge in [-0.2, -0.15) is 17.6 Å². The van der Waals surface area contributed by atoms with Crippen LogP contribution in [0.3, 0.4) is 0 Å². The maximum absolute atomic E-state index is 13.5. The molecule has 1 atom stereocenters. The van der Waals surface area contributed by atoms with Gasteiger partial charge in [0.2, 0.25) is 0 Å². The SMILES string of the molecule is COc1c(OCc2ccccc2)cnc(CS(=O)c2nc3cc4c(cc3[nH]2)OC(F)(F)C(F)(F)O4)c1C. The second-order valence-electron chi connectivity index (χ2n) is 8.09. The summed E-state index contributed by atoms with van der Waals surface area (Å²) in [5.74, 6) is -0.421. The second kappa shape index (κ2) is 9.21. The summed E-state index contributed by atoms with van der Waals surface area (Å²) in [6.45, 7) is 2.05. The third kappa shape index (κ3) is 4.66. The first kappa shape index (κ1) is 24.8. The van der Waals surface area contributed by atoms with Crippen LogP contribution in [0.2, 0.25) is 0 Å². The molecule has 37 heavy (non-hydrogen) atoms. The number of pyridine rings is 1. The van der Waals surface area contributed by atoms with E-state index in [1.807, 2.05) is 30.3 Å². The largest absolute Gasteiger partial charge is 0.507 e. The van der Waals surface area contributed by atoms with Crippen molar-refractivity contribution in [3.63, 3.8) is 0 Å². The number of halogens is 4. The molecule has 0 saturated heterocycles. The number of ether oxygens (including phenoxy) is 4. The Morgan fingerprint density at radius 2 is 1.73 bits per heavy atom. The third-order valence-electron chi connectivity index (χ3n) is 5.60. The van der Waals surface area contributed by atoms with Crippen molar-refractivity contribution < 1.29 is 40.7 Å². The molecule has 0 bridgehead atoms. The third-order valence-corrected chi connectivity index (χ3v) is 6.76. The van der Waals surface area contributed by atoms with Gasteiger partial charge in [-0.05, 0) is 12.5 Å². The van der Waals surface area contributed by atoms with Gasteiger partial charge in [-0.25, -0.2) is 4.98 Å². The lowest BCUT2D eigenvalue weighted by Gasteiger charge is -2.31. The first-order valence-corrected chi connectivity index (χ1v) is 12.1. The summed E-state index contributed by atoms with van der Waals surface area (Å²) >= 11 is 0. The summed E-state index contributed by atoms with van der Waals surface area (Å²) in [5, 5.41) is -0.0135. The standard InChI is InChI=1S/C24H19F4N3O5S/c1-13-17(29-10-20(21(13)33-2)34-11-14-6-4-3-5-7-14)12-37(32)22-30-15-8-18-19(9-16(15)31-22)36-24(27,28)23(25,26)35-18/h3-10H,11-12H2,1-2H3,(H,30,31). The van der Waals surface area contributed by atoms with Crippen molar-refractivity contribution in [1.29, 1.82) is 0 Å². The van der Waals surface area contributed by atoms with Crippen LogP contribution < -0.4 is 18.9 Å². The lowest BCUT2D eigenvalue weighted by Crippen LogP contribution is -2.52. The van der Waals surface area contributed by atoms with Crippen LogP contribution in [0.4, 0.5) is 17.6 Å². The number of nitrogens with zero attached hydrogens (tertiary/aromatic N) is 2. The van der Waals surface area contributed by atoms with Gasteiger partial charge in [0, 0.05) is 17.7 Å². The van der Waals surface area contributed by atoms with E-state index in [0.29, 0.717) is 29.4 Å². The van der Waals surface area contributed by atoms with Gasteiger partial charge in [-0.15, -0.1) is 0 Å². The highest BCUT2D eigenvalue weighted by molar-refractivity contribution is 7.84. The summed E-state index contributed by atoms with van der Waals surface area (Å²) in [4.78, 5) is 11.3. The number of nitrogens with one attached hydrogen (secondary N) is 1. The molecule has 3 heterocycles. The Kier molecular flexibility index (Phi) is 6.18. The zero-order valence-corrected chi connectivity index (χ0v) is 20.2. The molecule has 5 rings (SSSR count). The van der Waals surface area contributed by atoms with Gasteiger partial charge in [0.1, 0.15) is 6.61 Å². The van der Waals surface area contributed by atoms with E-state index < -0.39 is 34.5 Å². The summed E-state index contributed by atoms with van der Waals surface area (Å²) < 4.78 is 86.7. The van der Waals surface area contributed by atoms with E-state index in [0.717, 1.165) is 17.7 Å². The van der Waals surface area contributed by atoms with E-state index >= 15 is 0 Å². The first-order chi connectivity index (χ1) is 17.6. The fourth-order valence-corrected chi connectivity index (χ4v) is 4.79. The van der Waals surface area contributed by atoms with Crippen molar-refractivity contribution >= 4 is 21.8 Å². The first-order valence-electron chi connectivity index (χ1n) is 10.8. The number of fused-ring (bicyclic) bond motifs is 2. The van der Waals surface area contributed by atoms with Crippen molar-refractivity contribution in [2.24, 2.45) is 0 Å². The molecule has 1 aliphatic heterocycles. The van der Waals surface area contributed by atoms with Crippen LogP contribution in [0, 0.1) is 6.92 Å². The van der Waals surface area contributed by atoms with Gasteiger partial charge in [0.15, 0.2) is 28.2 Å². The van der Waals surface area contributed by atoms with Gasteiger partial charge in [-0.3, -0.25) is 9.19 Å². The lowest BCUT2D eigenvalue weighted by atomic mass is 10.2.